The second-order valence-corrected chi connectivity index (χ2v) is 4.49. The smallest absolute Gasteiger partial charge is 0.0303 e. The highest BCUT2D eigenvalue weighted by atomic mass is 14.6. The molecular formula is C16H19N. The highest BCUT2D eigenvalue weighted by Gasteiger charge is 2.09. The van der Waals surface area contributed by atoms with Crippen LogP contribution in [-0.2, 0) is 0 Å². The molecule has 0 saturated heterocycles. The summed E-state index contributed by atoms with van der Waals surface area (Å²) in [4.78, 5) is 0. The Kier molecular flexibility index (Phi) is 3.60. The quantitative estimate of drug-likeness (QED) is 0.778. The van der Waals surface area contributed by atoms with Crippen LogP contribution in [0.4, 0.5) is 0 Å². The molecule has 1 atom stereocenters. The Morgan fingerprint density at radius 2 is 1.88 bits per heavy atom. The van der Waals surface area contributed by atoms with Gasteiger partial charge < -0.3 is 5.73 Å². The van der Waals surface area contributed by atoms with Gasteiger partial charge in [0, 0.05) is 6.04 Å². The molecule has 0 saturated carbocycles. The zero-order chi connectivity index (χ0) is 12.3. The first-order valence-corrected chi connectivity index (χ1v) is 6.08. The summed E-state index contributed by atoms with van der Waals surface area (Å²) in [6.45, 7) is 5.89. The first-order chi connectivity index (χ1) is 8.24. The number of nitrogens with two attached hydrogens (primary N) is 1. The lowest BCUT2D eigenvalue weighted by molar-refractivity contribution is 0.666. The zero-order valence-electron chi connectivity index (χ0n) is 10.3. The van der Waals surface area contributed by atoms with E-state index in [0.29, 0.717) is 0 Å². The summed E-state index contributed by atoms with van der Waals surface area (Å²) in [6.07, 6.45) is 3.84. The van der Waals surface area contributed by atoms with E-state index in [1.165, 1.54) is 21.9 Å². The molecule has 2 aromatic rings. The standard InChI is InChI=1S/C16H19N/c1-3-4-9-16(17)15-11-10-12(2)13-7-5-6-8-14(13)15/h3,5-8,10-11,16H,1,4,9,17H2,2H3/t16-/m1/s1. The molecule has 1 nitrogen and oxygen atoms in total. The van der Waals surface area contributed by atoms with Crippen LogP contribution in [0.5, 0.6) is 0 Å². The van der Waals surface area contributed by atoms with Crippen molar-refractivity contribution in [1.82, 2.24) is 0 Å². The molecule has 2 N–H and O–H groups in total. The molecule has 0 radical (unpaired) electrons. The lowest BCUT2D eigenvalue weighted by atomic mass is 9.94. The third-order valence-corrected chi connectivity index (χ3v) is 3.26. The summed E-state index contributed by atoms with van der Waals surface area (Å²) in [6, 6.07) is 12.9. The van der Waals surface area contributed by atoms with E-state index in [4.69, 9.17) is 5.73 Å². The van der Waals surface area contributed by atoms with Crippen molar-refractivity contribution in [2.75, 3.05) is 0 Å². The molecule has 0 spiro atoms. The van der Waals surface area contributed by atoms with Gasteiger partial charge in [0.1, 0.15) is 0 Å². The number of hydrogen-bond acceptors (Lipinski definition) is 1. The van der Waals surface area contributed by atoms with E-state index in [1.807, 2.05) is 6.08 Å². The molecule has 1 heteroatoms. The van der Waals surface area contributed by atoms with E-state index in [-0.39, 0.29) is 6.04 Å². The molecule has 0 heterocycles. The van der Waals surface area contributed by atoms with Crippen molar-refractivity contribution in [2.24, 2.45) is 5.73 Å². The largest absolute Gasteiger partial charge is 0.324 e. The molecule has 0 aliphatic heterocycles. The van der Waals surface area contributed by atoms with Crippen molar-refractivity contribution in [2.45, 2.75) is 25.8 Å². The number of rotatable bonds is 4. The van der Waals surface area contributed by atoms with Crippen LogP contribution >= 0.6 is 0 Å². The Bertz CT molecular complexity index is 528. The molecule has 0 unspecified atom stereocenters. The fourth-order valence-corrected chi connectivity index (χ4v) is 2.25. The Morgan fingerprint density at radius 3 is 2.59 bits per heavy atom. The van der Waals surface area contributed by atoms with Crippen LogP contribution in [-0.4, -0.2) is 0 Å². The van der Waals surface area contributed by atoms with Gasteiger partial charge in [0.05, 0.1) is 0 Å². The molecule has 0 aliphatic rings. The van der Waals surface area contributed by atoms with Crippen LogP contribution in [0.2, 0.25) is 0 Å². The van der Waals surface area contributed by atoms with E-state index in [2.05, 4.69) is 49.9 Å². The Morgan fingerprint density at radius 1 is 1.18 bits per heavy atom. The molecule has 88 valence electrons. The van der Waals surface area contributed by atoms with Crippen LogP contribution in [0, 0.1) is 6.92 Å². The minimum absolute atomic E-state index is 0.0958. The summed E-state index contributed by atoms with van der Waals surface area (Å²) < 4.78 is 0. The van der Waals surface area contributed by atoms with Gasteiger partial charge in [-0.15, -0.1) is 6.58 Å². The minimum atomic E-state index is 0.0958. The molecule has 0 aromatic heterocycles. The van der Waals surface area contributed by atoms with Crippen molar-refractivity contribution < 1.29 is 0 Å². The summed E-state index contributed by atoms with van der Waals surface area (Å²) in [5.74, 6) is 0. The van der Waals surface area contributed by atoms with Crippen LogP contribution < -0.4 is 5.73 Å². The normalized spacial score (nSPS) is 12.6. The highest BCUT2D eigenvalue weighted by molar-refractivity contribution is 5.88. The van der Waals surface area contributed by atoms with Gasteiger partial charge in [-0.05, 0) is 41.7 Å². The molecule has 0 amide bonds. The van der Waals surface area contributed by atoms with E-state index in [0.717, 1.165) is 12.8 Å². The Hall–Kier alpha value is -1.60. The van der Waals surface area contributed by atoms with Gasteiger partial charge in [0.15, 0.2) is 0 Å². The Balaban J connectivity index is 2.47. The number of benzene rings is 2. The van der Waals surface area contributed by atoms with Gasteiger partial charge in [0.25, 0.3) is 0 Å². The van der Waals surface area contributed by atoms with Gasteiger partial charge >= 0.3 is 0 Å². The monoisotopic (exact) mass is 225 g/mol. The summed E-state index contributed by atoms with van der Waals surface area (Å²) in [5, 5.41) is 2.59. The maximum atomic E-state index is 6.25. The number of fused-ring (bicyclic) bond motifs is 1. The minimum Gasteiger partial charge on any atom is -0.324 e. The average molecular weight is 225 g/mol. The van der Waals surface area contributed by atoms with Gasteiger partial charge in [-0.2, -0.15) is 0 Å². The fraction of sp³-hybridized carbons (Fsp3) is 0.250. The molecule has 2 rings (SSSR count). The molecule has 0 bridgehead atoms. The van der Waals surface area contributed by atoms with Crippen LogP contribution in [0.25, 0.3) is 10.8 Å². The van der Waals surface area contributed by atoms with E-state index in [9.17, 15) is 0 Å². The Labute approximate surface area is 103 Å². The van der Waals surface area contributed by atoms with Crippen molar-refractivity contribution in [3.8, 4) is 0 Å². The summed E-state index contributed by atoms with van der Waals surface area (Å²) in [7, 11) is 0. The molecule has 0 aliphatic carbocycles. The summed E-state index contributed by atoms with van der Waals surface area (Å²) in [5.41, 5.74) is 8.80. The van der Waals surface area contributed by atoms with Crippen LogP contribution in [0.3, 0.4) is 0 Å². The fourth-order valence-electron chi connectivity index (χ4n) is 2.25. The van der Waals surface area contributed by atoms with Gasteiger partial charge in [-0.25, -0.2) is 0 Å². The second kappa shape index (κ2) is 5.15. The molecular weight excluding hydrogens is 206 g/mol. The summed E-state index contributed by atoms with van der Waals surface area (Å²) >= 11 is 0. The van der Waals surface area contributed by atoms with Gasteiger partial charge in [0.2, 0.25) is 0 Å². The second-order valence-electron chi connectivity index (χ2n) is 4.49. The van der Waals surface area contributed by atoms with Crippen molar-refractivity contribution >= 4 is 10.8 Å². The molecule has 0 fully saturated rings. The number of aryl methyl sites for hydroxylation is 1. The third kappa shape index (κ3) is 2.40. The third-order valence-electron chi connectivity index (χ3n) is 3.26. The van der Waals surface area contributed by atoms with Crippen LogP contribution in [0.1, 0.15) is 30.0 Å². The number of hydrogen-bond donors (Lipinski definition) is 1. The van der Waals surface area contributed by atoms with Crippen molar-refractivity contribution in [3.63, 3.8) is 0 Å². The molecule has 2 aromatic carbocycles. The van der Waals surface area contributed by atoms with E-state index >= 15 is 0 Å². The topological polar surface area (TPSA) is 26.0 Å². The predicted molar refractivity (Wildman–Crippen MR) is 75.0 cm³/mol. The maximum absolute atomic E-state index is 6.25. The SMILES string of the molecule is C=CCC[C@@H](N)c1ccc(C)c2ccccc12. The predicted octanol–water partition coefficient (Wildman–Crippen LogP) is 4.11. The van der Waals surface area contributed by atoms with Gasteiger partial charge in [-0.1, -0.05) is 42.5 Å². The first kappa shape index (κ1) is 11.9. The lowest BCUT2D eigenvalue weighted by Gasteiger charge is -2.15. The molecule has 17 heavy (non-hydrogen) atoms. The lowest BCUT2D eigenvalue weighted by Crippen LogP contribution is -2.10. The highest BCUT2D eigenvalue weighted by Crippen LogP contribution is 2.27. The van der Waals surface area contributed by atoms with Gasteiger partial charge in [-0.3, -0.25) is 0 Å². The van der Waals surface area contributed by atoms with Crippen molar-refractivity contribution in [3.05, 3.63) is 60.2 Å². The number of allylic oxidation sites excluding steroid dienone is 1. The van der Waals surface area contributed by atoms with Crippen molar-refractivity contribution in [1.29, 1.82) is 0 Å². The first-order valence-electron chi connectivity index (χ1n) is 6.08. The van der Waals surface area contributed by atoms with E-state index in [1.54, 1.807) is 0 Å². The average Bonchev–Trinajstić information content (AvgIpc) is 2.37. The maximum Gasteiger partial charge on any atom is 0.0303 e. The zero-order valence-corrected chi connectivity index (χ0v) is 10.3. The van der Waals surface area contributed by atoms with E-state index < -0.39 is 0 Å². The van der Waals surface area contributed by atoms with Crippen LogP contribution in [0.15, 0.2) is 49.1 Å².